The fourth-order valence-electron chi connectivity index (χ4n) is 4.25. The second kappa shape index (κ2) is 10.3. The van der Waals surface area contributed by atoms with Crippen LogP contribution in [-0.2, 0) is 14.8 Å². The minimum Gasteiger partial charge on any atom is -0.444 e. The molecule has 0 unspecified atom stereocenters. The molecule has 1 aliphatic heterocycles. The molecule has 2 fully saturated rings. The highest BCUT2D eigenvalue weighted by atomic mass is 35.5. The third-order valence-electron chi connectivity index (χ3n) is 6.03. The molecule has 10 nitrogen and oxygen atoms in total. The van der Waals surface area contributed by atoms with E-state index in [4.69, 9.17) is 16.3 Å². The van der Waals surface area contributed by atoms with Gasteiger partial charge in [-0.3, -0.25) is 4.79 Å². The average Bonchev–Trinajstić information content (AvgIpc) is 3.25. The molecule has 1 saturated carbocycles. The third-order valence-corrected chi connectivity index (χ3v) is 7.93. The van der Waals surface area contributed by atoms with Crippen LogP contribution in [0.1, 0.15) is 32.1 Å². The Hall–Kier alpha value is -2.70. The molecule has 2 aliphatic rings. The van der Waals surface area contributed by atoms with Gasteiger partial charge in [0.1, 0.15) is 16.9 Å². The zero-order valence-corrected chi connectivity index (χ0v) is 19.7. The molecule has 1 saturated heterocycles. The molecule has 1 amide bonds. The lowest BCUT2D eigenvalue weighted by Crippen LogP contribution is -2.44. The van der Waals surface area contributed by atoms with Crippen LogP contribution < -0.4 is 20.5 Å². The van der Waals surface area contributed by atoms with E-state index in [0.717, 1.165) is 12.1 Å². The summed E-state index contributed by atoms with van der Waals surface area (Å²) in [6, 6.07) is 4.28. The monoisotopic (exact) mass is 513 g/mol. The van der Waals surface area contributed by atoms with Crippen molar-refractivity contribution in [1.29, 1.82) is 0 Å². The van der Waals surface area contributed by atoms with Gasteiger partial charge in [-0.05, 0) is 49.9 Å². The molecule has 1 aromatic carbocycles. The van der Waals surface area contributed by atoms with E-state index in [9.17, 15) is 22.4 Å². The van der Waals surface area contributed by atoms with Crippen molar-refractivity contribution in [2.24, 2.45) is 0 Å². The van der Waals surface area contributed by atoms with Crippen LogP contribution in [0.15, 0.2) is 40.2 Å². The van der Waals surface area contributed by atoms with Gasteiger partial charge < -0.3 is 15.0 Å². The summed E-state index contributed by atoms with van der Waals surface area (Å²) in [4.78, 5) is 25.9. The topological polar surface area (TPSA) is 133 Å². The summed E-state index contributed by atoms with van der Waals surface area (Å²) in [5.74, 6) is -0.501. The number of amides is 1. The Morgan fingerprint density at radius 2 is 1.82 bits per heavy atom. The van der Waals surface area contributed by atoms with E-state index in [2.05, 4.69) is 20.2 Å². The Bertz CT molecular complexity index is 1180. The Morgan fingerprint density at radius 3 is 2.53 bits per heavy atom. The number of nitrogens with one attached hydrogen (secondary N) is 3. The first-order valence-electron chi connectivity index (χ1n) is 10.9. The van der Waals surface area contributed by atoms with Gasteiger partial charge >= 0.3 is 6.09 Å². The first-order chi connectivity index (χ1) is 16.2. The summed E-state index contributed by atoms with van der Waals surface area (Å²) in [6.45, 7) is 0.971. The van der Waals surface area contributed by atoms with E-state index in [1.807, 2.05) is 4.90 Å². The number of aromatic nitrogens is 2. The molecule has 13 heteroatoms. The van der Waals surface area contributed by atoms with Gasteiger partial charge in [0, 0.05) is 25.0 Å². The van der Waals surface area contributed by atoms with Crippen molar-refractivity contribution in [2.75, 3.05) is 18.0 Å². The van der Waals surface area contributed by atoms with Gasteiger partial charge in [-0.1, -0.05) is 11.6 Å². The summed E-state index contributed by atoms with van der Waals surface area (Å²) in [5, 5.41) is 8.93. The molecule has 4 rings (SSSR count). The number of halogens is 2. The van der Waals surface area contributed by atoms with E-state index in [-0.39, 0.29) is 28.1 Å². The smallest absolute Gasteiger partial charge is 0.407 e. The number of nitrogens with zero attached hydrogens (tertiary/aromatic N) is 2. The largest absolute Gasteiger partial charge is 0.444 e. The summed E-state index contributed by atoms with van der Waals surface area (Å²) < 4.78 is 46.2. The number of carbonyl (C=O) groups excluding carboxylic acids is 1. The van der Waals surface area contributed by atoms with Gasteiger partial charge in [0.15, 0.2) is 0 Å². The first kappa shape index (κ1) is 24.4. The molecule has 0 spiro atoms. The SMILES string of the molecule is O=C(N[C@H]1CC[C@H](NS(=O)(=O)c2ccc(F)cc2)CC1)O[C@@H]1CCN(c2cn[nH]c(=O)c2Cl)C1. The Morgan fingerprint density at radius 1 is 1.15 bits per heavy atom. The van der Waals surface area contributed by atoms with Crippen LogP contribution in [-0.4, -0.2) is 56.0 Å². The van der Waals surface area contributed by atoms with Crippen molar-refractivity contribution >= 4 is 33.4 Å². The lowest BCUT2D eigenvalue weighted by Gasteiger charge is -2.29. The standard InChI is InChI=1S/C21H25ClFN5O5S/c22-19-18(11-24-26-20(19)29)28-10-9-16(12-28)33-21(30)25-14-3-5-15(6-4-14)27-34(31,32)17-7-1-13(23)2-8-17/h1-2,7-8,11,14-16,27H,3-6,9-10,12H2,(H,25,30)(H,26,29)/t14-,15-,16-/m1/s1. The zero-order valence-electron chi connectivity index (χ0n) is 18.2. The molecule has 1 aliphatic carbocycles. The van der Waals surface area contributed by atoms with Gasteiger partial charge in [-0.2, -0.15) is 5.10 Å². The number of sulfonamides is 1. The lowest BCUT2D eigenvalue weighted by molar-refractivity contribution is 0.102. The third kappa shape index (κ3) is 5.86. The van der Waals surface area contributed by atoms with Crippen LogP contribution in [0.25, 0.3) is 0 Å². The van der Waals surface area contributed by atoms with E-state index in [1.54, 1.807) is 0 Å². The van der Waals surface area contributed by atoms with E-state index in [0.29, 0.717) is 50.9 Å². The molecule has 1 atom stereocenters. The Kier molecular flexibility index (Phi) is 7.39. The number of benzene rings is 1. The van der Waals surface area contributed by atoms with Gasteiger partial charge in [0.25, 0.3) is 5.56 Å². The van der Waals surface area contributed by atoms with Crippen LogP contribution in [0.4, 0.5) is 14.9 Å². The molecular formula is C21H25ClFN5O5S. The van der Waals surface area contributed by atoms with Gasteiger partial charge in [0.05, 0.1) is 23.3 Å². The lowest BCUT2D eigenvalue weighted by atomic mass is 9.92. The number of rotatable bonds is 6. The molecular weight excluding hydrogens is 489 g/mol. The number of H-pyrrole nitrogens is 1. The Balaban J connectivity index is 1.22. The van der Waals surface area contributed by atoms with Crippen molar-refractivity contribution in [3.8, 4) is 0 Å². The minimum absolute atomic E-state index is 0.0144. The fraction of sp³-hybridized carbons (Fsp3) is 0.476. The molecule has 2 aromatic rings. The second-order valence-electron chi connectivity index (χ2n) is 8.43. The fourth-order valence-corrected chi connectivity index (χ4v) is 5.76. The highest BCUT2D eigenvalue weighted by Gasteiger charge is 2.30. The zero-order chi connectivity index (χ0) is 24.3. The van der Waals surface area contributed by atoms with Crippen LogP contribution in [0.2, 0.25) is 5.02 Å². The molecule has 34 heavy (non-hydrogen) atoms. The van der Waals surface area contributed by atoms with E-state index < -0.39 is 27.5 Å². The maximum atomic E-state index is 13.1. The summed E-state index contributed by atoms with van der Waals surface area (Å²) in [5.41, 5.74) is 0.0233. The van der Waals surface area contributed by atoms with Gasteiger partial charge in [0.2, 0.25) is 10.0 Å². The second-order valence-corrected chi connectivity index (χ2v) is 10.5. The summed E-state index contributed by atoms with van der Waals surface area (Å²) in [7, 11) is -3.74. The highest BCUT2D eigenvalue weighted by molar-refractivity contribution is 7.89. The normalized spacial score (nSPS) is 23.0. The predicted molar refractivity (Wildman–Crippen MR) is 123 cm³/mol. The number of alkyl carbamates (subject to hydrolysis) is 1. The first-order valence-corrected chi connectivity index (χ1v) is 12.8. The molecule has 1 aromatic heterocycles. The number of hydrogen-bond donors (Lipinski definition) is 3. The van der Waals surface area contributed by atoms with Crippen LogP contribution in [0.5, 0.6) is 0 Å². The van der Waals surface area contributed by atoms with E-state index in [1.165, 1.54) is 18.3 Å². The van der Waals surface area contributed by atoms with Crippen molar-refractivity contribution in [3.63, 3.8) is 0 Å². The van der Waals surface area contributed by atoms with Gasteiger partial charge in [-0.25, -0.2) is 27.4 Å². The molecule has 0 bridgehead atoms. The summed E-state index contributed by atoms with van der Waals surface area (Å²) >= 11 is 6.05. The number of anilines is 1. The number of aromatic amines is 1. The van der Waals surface area contributed by atoms with Crippen LogP contribution in [0.3, 0.4) is 0 Å². The number of carbonyl (C=O) groups is 1. The van der Waals surface area contributed by atoms with Crippen molar-refractivity contribution in [1.82, 2.24) is 20.2 Å². The van der Waals surface area contributed by atoms with Crippen LogP contribution in [0, 0.1) is 5.82 Å². The number of hydrogen-bond acceptors (Lipinski definition) is 7. The summed E-state index contributed by atoms with van der Waals surface area (Å²) in [6.07, 6.45) is 3.47. The molecule has 0 radical (unpaired) electrons. The minimum atomic E-state index is -3.74. The van der Waals surface area contributed by atoms with Gasteiger partial charge in [-0.15, -0.1) is 0 Å². The Labute approximate surface area is 200 Å². The van der Waals surface area contributed by atoms with Crippen molar-refractivity contribution in [2.45, 2.75) is 55.2 Å². The average molecular weight is 514 g/mol. The maximum Gasteiger partial charge on any atom is 0.407 e. The quantitative estimate of drug-likeness (QED) is 0.539. The van der Waals surface area contributed by atoms with Crippen LogP contribution >= 0.6 is 11.6 Å². The number of ether oxygens (including phenoxy) is 1. The molecule has 3 N–H and O–H groups in total. The van der Waals surface area contributed by atoms with Crippen molar-refractivity contribution < 1.29 is 22.3 Å². The molecule has 184 valence electrons. The predicted octanol–water partition coefficient (Wildman–Crippen LogP) is 2.16. The molecule has 2 heterocycles. The maximum absolute atomic E-state index is 13.1. The van der Waals surface area contributed by atoms with E-state index >= 15 is 0 Å². The highest BCUT2D eigenvalue weighted by Crippen LogP contribution is 2.26. The van der Waals surface area contributed by atoms with Crippen molar-refractivity contribution in [3.05, 3.63) is 51.7 Å².